The molecule has 1 aromatic heterocycles. The Balaban J connectivity index is 1.10. The predicted octanol–water partition coefficient (Wildman–Crippen LogP) is 7.04. The van der Waals surface area contributed by atoms with Gasteiger partial charge in [-0.3, -0.25) is 9.69 Å². The highest BCUT2D eigenvalue weighted by Crippen LogP contribution is 2.71. The van der Waals surface area contributed by atoms with E-state index in [2.05, 4.69) is 45.4 Å². The third kappa shape index (κ3) is 5.88. The molecular formula is C36H48F2N4O3. The zero-order valence-corrected chi connectivity index (χ0v) is 27.3. The van der Waals surface area contributed by atoms with Crippen molar-refractivity contribution in [2.24, 2.45) is 10.8 Å². The van der Waals surface area contributed by atoms with E-state index in [9.17, 15) is 18.7 Å². The van der Waals surface area contributed by atoms with Crippen LogP contribution in [0.1, 0.15) is 116 Å². The Hall–Kier alpha value is -2.65. The second-order valence-electron chi connectivity index (χ2n) is 16.6. The summed E-state index contributed by atoms with van der Waals surface area (Å²) in [4.78, 5) is 23.0. The van der Waals surface area contributed by atoms with Gasteiger partial charge in [0.2, 0.25) is 5.91 Å². The lowest BCUT2D eigenvalue weighted by Gasteiger charge is -2.66. The Morgan fingerprint density at radius 1 is 1.07 bits per heavy atom. The number of carbonyl (C=O) groups excluding carboxylic acids is 1. The molecule has 0 spiro atoms. The summed E-state index contributed by atoms with van der Waals surface area (Å²) in [7, 11) is 0. The summed E-state index contributed by atoms with van der Waals surface area (Å²) in [6.07, 6.45) is 10.6. The zero-order chi connectivity index (χ0) is 31.9. The molecule has 2 aromatic rings. The van der Waals surface area contributed by atoms with Crippen molar-refractivity contribution in [1.29, 1.82) is 0 Å². The van der Waals surface area contributed by atoms with Gasteiger partial charge in [0, 0.05) is 43.7 Å². The molecule has 0 radical (unpaired) electrons. The van der Waals surface area contributed by atoms with Crippen LogP contribution in [0.25, 0.3) is 5.57 Å². The standard InChI is InChI=1S/C36H48F2N4O3/c1-31(2,44)23-41-16-8-25(9-17-41)26-6-5-7-27(18-26)42(28(43)19-34-20-36(38,21-34)22-34)24-33-10-13-35(14-11-33,15-12-33)29-39-30(45-40-29)32(3,4)37/h5-8,18,44H,9-17,19-24H2,1-4H3. The number of amides is 1. The van der Waals surface area contributed by atoms with E-state index in [1.165, 1.54) is 19.4 Å². The first-order chi connectivity index (χ1) is 21.1. The number of hydrogen-bond acceptors (Lipinski definition) is 6. The van der Waals surface area contributed by atoms with Crippen molar-refractivity contribution < 1.29 is 23.2 Å². The number of rotatable bonds is 10. The predicted molar refractivity (Wildman–Crippen MR) is 169 cm³/mol. The monoisotopic (exact) mass is 622 g/mol. The van der Waals surface area contributed by atoms with Crippen molar-refractivity contribution in [3.8, 4) is 0 Å². The second kappa shape index (κ2) is 10.4. The first-order valence-corrected chi connectivity index (χ1v) is 16.9. The van der Waals surface area contributed by atoms with Crippen LogP contribution in [0.5, 0.6) is 0 Å². The van der Waals surface area contributed by atoms with Gasteiger partial charge < -0.3 is 14.5 Å². The fraction of sp³-hybridized carbons (Fsp3) is 0.694. The molecule has 6 fully saturated rings. The summed E-state index contributed by atoms with van der Waals surface area (Å²) >= 11 is 0. The number of aliphatic hydroxyl groups is 1. The molecule has 1 aliphatic heterocycles. The van der Waals surface area contributed by atoms with Gasteiger partial charge in [0.15, 0.2) is 11.5 Å². The minimum Gasteiger partial charge on any atom is -0.389 e. The molecule has 0 atom stereocenters. The van der Waals surface area contributed by atoms with Gasteiger partial charge in [-0.2, -0.15) is 4.98 Å². The summed E-state index contributed by atoms with van der Waals surface area (Å²) in [5, 5.41) is 14.5. The number of alkyl halides is 2. The molecule has 2 heterocycles. The van der Waals surface area contributed by atoms with Gasteiger partial charge >= 0.3 is 0 Å². The Morgan fingerprint density at radius 3 is 2.31 bits per heavy atom. The van der Waals surface area contributed by atoms with Crippen molar-refractivity contribution in [3.05, 3.63) is 47.6 Å². The van der Waals surface area contributed by atoms with Crippen LogP contribution in [-0.4, -0.2) is 63.5 Å². The molecule has 45 heavy (non-hydrogen) atoms. The summed E-state index contributed by atoms with van der Waals surface area (Å²) in [5.41, 5.74) is -0.481. The summed E-state index contributed by atoms with van der Waals surface area (Å²) in [5.74, 6) is 0.767. The maximum absolute atomic E-state index is 14.5. The molecule has 9 heteroatoms. The molecule has 1 aromatic carbocycles. The van der Waals surface area contributed by atoms with Crippen LogP contribution in [-0.2, 0) is 15.9 Å². The third-order valence-corrected chi connectivity index (χ3v) is 11.6. The van der Waals surface area contributed by atoms with E-state index in [0.717, 1.165) is 69.3 Å². The molecule has 0 saturated heterocycles. The largest absolute Gasteiger partial charge is 0.389 e. The Kier molecular flexibility index (Phi) is 7.18. The quantitative estimate of drug-likeness (QED) is 0.306. The van der Waals surface area contributed by atoms with Crippen molar-refractivity contribution in [2.75, 3.05) is 31.1 Å². The van der Waals surface area contributed by atoms with Gasteiger partial charge in [-0.25, -0.2) is 8.78 Å². The van der Waals surface area contributed by atoms with E-state index >= 15 is 0 Å². The zero-order valence-electron chi connectivity index (χ0n) is 27.3. The molecule has 7 aliphatic rings. The van der Waals surface area contributed by atoms with Crippen LogP contribution in [0.4, 0.5) is 14.5 Å². The van der Waals surface area contributed by atoms with Crippen LogP contribution in [0.15, 0.2) is 34.9 Å². The van der Waals surface area contributed by atoms with E-state index in [1.807, 2.05) is 18.7 Å². The Morgan fingerprint density at radius 2 is 1.76 bits per heavy atom. The fourth-order valence-corrected chi connectivity index (χ4v) is 9.18. The molecule has 1 amide bonds. The van der Waals surface area contributed by atoms with Crippen LogP contribution in [0, 0.1) is 10.8 Å². The van der Waals surface area contributed by atoms with Crippen molar-refractivity contribution in [3.63, 3.8) is 0 Å². The molecule has 7 nitrogen and oxygen atoms in total. The highest BCUT2D eigenvalue weighted by atomic mass is 19.1. The first-order valence-electron chi connectivity index (χ1n) is 16.9. The van der Waals surface area contributed by atoms with E-state index in [1.54, 1.807) is 0 Å². The number of benzene rings is 1. The van der Waals surface area contributed by atoms with Gasteiger partial charge in [-0.15, -0.1) is 0 Å². The Bertz CT molecular complexity index is 1460. The number of nitrogens with zero attached hydrogens (tertiary/aromatic N) is 4. The van der Waals surface area contributed by atoms with Crippen molar-refractivity contribution in [2.45, 2.75) is 121 Å². The lowest BCUT2D eigenvalue weighted by atomic mass is 9.41. The molecule has 244 valence electrons. The van der Waals surface area contributed by atoms with Crippen LogP contribution in [0.2, 0.25) is 0 Å². The smallest absolute Gasteiger partial charge is 0.263 e. The number of hydrogen-bond donors (Lipinski definition) is 1. The average molecular weight is 623 g/mol. The van der Waals surface area contributed by atoms with Crippen LogP contribution < -0.4 is 4.90 Å². The van der Waals surface area contributed by atoms with Gasteiger partial charge in [-0.05, 0) is 126 Å². The first kappa shape index (κ1) is 31.0. The lowest BCUT2D eigenvalue weighted by molar-refractivity contribution is -0.215. The van der Waals surface area contributed by atoms with E-state index in [0.29, 0.717) is 44.6 Å². The summed E-state index contributed by atoms with van der Waals surface area (Å²) in [6, 6.07) is 8.40. The maximum Gasteiger partial charge on any atom is 0.263 e. The SMILES string of the molecule is CC(C)(O)CN1CC=C(c2cccc(N(CC34CCC(c5noc(C(C)(C)F)n5)(CC3)CC4)C(=O)CC34CC(F)(C3)C4)c2)CC1. The molecule has 1 N–H and O–H groups in total. The minimum absolute atomic E-state index is 0.0121. The third-order valence-electron chi connectivity index (χ3n) is 11.6. The summed E-state index contributed by atoms with van der Waals surface area (Å²) in [6.45, 7) is 9.50. The number of carbonyl (C=O) groups is 1. The minimum atomic E-state index is -1.67. The normalized spacial score (nSPS) is 32.9. The van der Waals surface area contributed by atoms with Gasteiger partial charge in [0.05, 0.1) is 5.60 Å². The van der Waals surface area contributed by atoms with E-state index in [4.69, 9.17) is 4.52 Å². The second-order valence-corrected chi connectivity index (χ2v) is 16.6. The molecule has 9 rings (SSSR count). The molecule has 0 unspecified atom stereocenters. The van der Waals surface area contributed by atoms with Crippen LogP contribution in [0.3, 0.4) is 0 Å². The topological polar surface area (TPSA) is 82.7 Å². The number of aromatic nitrogens is 2. The van der Waals surface area contributed by atoms with E-state index < -0.39 is 16.9 Å². The molecule has 6 saturated carbocycles. The Labute approximate surface area is 265 Å². The highest BCUT2D eigenvalue weighted by molar-refractivity contribution is 5.94. The molecular weight excluding hydrogens is 574 g/mol. The van der Waals surface area contributed by atoms with E-state index in [-0.39, 0.29) is 28.0 Å². The van der Waals surface area contributed by atoms with Gasteiger partial charge in [0.1, 0.15) is 5.67 Å². The maximum atomic E-state index is 14.5. The van der Waals surface area contributed by atoms with Crippen molar-refractivity contribution >= 4 is 17.2 Å². The number of fused-ring (bicyclic) bond motifs is 3. The number of anilines is 1. The van der Waals surface area contributed by atoms with Gasteiger partial charge in [0.25, 0.3) is 5.89 Å². The fourth-order valence-electron chi connectivity index (χ4n) is 9.18. The highest BCUT2D eigenvalue weighted by Gasteiger charge is 2.69. The average Bonchev–Trinajstić information content (AvgIpc) is 3.48. The summed E-state index contributed by atoms with van der Waals surface area (Å²) < 4.78 is 34.3. The number of β-amino-alcohol motifs (C(OH)–C–C–N with tert-alkyl or cyclic N) is 1. The van der Waals surface area contributed by atoms with Crippen LogP contribution >= 0.6 is 0 Å². The van der Waals surface area contributed by atoms with Gasteiger partial charge in [-0.1, -0.05) is 23.4 Å². The van der Waals surface area contributed by atoms with Crippen molar-refractivity contribution in [1.82, 2.24) is 15.0 Å². The number of halogens is 2. The lowest BCUT2D eigenvalue weighted by Crippen LogP contribution is -2.65. The molecule has 4 bridgehead atoms. The molecule has 6 aliphatic carbocycles.